The van der Waals surface area contributed by atoms with Gasteiger partial charge in [-0.3, -0.25) is 0 Å². The van der Waals surface area contributed by atoms with Gasteiger partial charge in [0.15, 0.2) is 0 Å². The summed E-state index contributed by atoms with van der Waals surface area (Å²) >= 11 is 10.9. The Morgan fingerprint density at radius 2 is 2.11 bits per heavy atom. The largest absolute Gasteiger partial charge is 0.437 e. The number of benzene rings is 1. The number of nitrogen functional groups attached to an aromatic ring is 1. The van der Waals surface area contributed by atoms with Crippen LogP contribution in [0.4, 0.5) is 5.95 Å². The highest BCUT2D eigenvalue weighted by Crippen LogP contribution is 2.35. The fourth-order valence-electron chi connectivity index (χ4n) is 1.58. The summed E-state index contributed by atoms with van der Waals surface area (Å²) in [6, 6.07) is 7.26. The van der Waals surface area contributed by atoms with Gasteiger partial charge >= 0.3 is 0 Å². The van der Waals surface area contributed by atoms with E-state index in [1.54, 1.807) is 12.1 Å². The van der Waals surface area contributed by atoms with Crippen LogP contribution in [0.5, 0.6) is 11.6 Å². The number of halogens is 2. The summed E-state index contributed by atoms with van der Waals surface area (Å²) in [6.45, 7) is 0. The average Bonchev–Trinajstić information content (AvgIpc) is 2.80. The summed E-state index contributed by atoms with van der Waals surface area (Å²) in [7, 11) is 0. The number of nitrogens with zero attached hydrogens (tertiary/aromatic N) is 2. The minimum Gasteiger partial charge on any atom is -0.437 e. The number of nitrogens with two attached hydrogens (primary N) is 1. The molecule has 0 aliphatic rings. The normalized spacial score (nSPS) is 10.8. The van der Waals surface area contributed by atoms with Crippen molar-refractivity contribution in [3.8, 4) is 11.6 Å². The van der Waals surface area contributed by atoms with Gasteiger partial charge in [-0.15, -0.1) is 11.3 Å². The lowest BCUT2D eigenvalue weighted by atomic mass is 10.3. The Kier molecular flexibility index (Phi) is 3.30. The van der Waals surface area contributed by atoms with Crippen molar-refractivity contribution in [3.05, 3.63) is 39.1 Å². The molecule has 2 N–H and O–H groups in total. The van der Waals surface area contributed by atoms with Crippen LogP contribution in [0.2, 0.25) is 5.02 Å². The molecule has 0 radical (unpaired) electrons. The molecule has 2 heterocycles. The lowest BCUT2D eigenvalue weighted by molar-refractivity contribution is 0.469. The average molecular weight is 357 g/mol. The van der Waals surface area contributed by atoms with Crippen molar-refractivity contribution in [3.63, 3.8) is 0 Å². The Bertz CT molecular complexity index is 762. The van der Waals surface area contributed by atoms with Gasteiger partial charge in [-0.2, -0.15) is 4.98 Å². The molecule has 19 heavy (non-hydrogen) atoms. The summed E-state index contributed by atoms with van der Waals surface area (Å²) in [5.41, 5.74) is 5.66. The number of fused-ring (bicyclic) bond motifs is 1. The van der Waals surface area contributed by atoms with Crippen molar-refractivity contribution in [2.75, 3.05) is 5.73 Å². The van der Waals surface area contributed by atoms with E-state index in [-0.39, 0.29) is 5.95 Å². The van der Waals surface area contributed by atoms with Crippen LogP contribution in [0.25, 0.3) is 10.2 Å². The summed E-state index contributed by atoms with van der Waals surface area (Å²) in [6.07, 6.45) is 0. The molecule has 3 rings (SSSR count). The zero-order valence-corrected chi connectivity index (χ0v) is 12.6. The van der Waals surface area contributed by atoms with Crippen LogP contribution < -0.4 is 10.5 Å². The summed E-state index contributed by atoms with van der Waals surface area (Å²) in [5.74, 6) is 1.11. The second-order valence-corrected chi connectivity index (χ2v) is 5.92. The van der Waals surface area contributed by atoms with E-state index >= 15 is 0 Å². The molecule has 3 aromatic rings. The number of thiophene rings is 1. The van der Waals surface area contributed by atoms with Crippen LogP contribution in [0.1, 0.15) is 0 Å². The van der Waals surface area contributed by atoms with E-state index in [1.165, 1.54) is 11.3 Å². The van der Waals surface area contributed by atoms with E-state index in [2.05, 4.69) is 25.9 Å². The highest BCUT2D eigenvalue weighted by Gasteiger charge is 2.11. The van der Waals surface area contributed by atoms with E-state index in [0.717, 1.165) is 14.7 Å². The first kappa shape index (κ1) is 12.7. The number of hydrogen-bond acceptors (Lipinski definition) is 5. The molecule has 0 spiro atoms. The third kappa shape index (κ3) is 2.51. The van der Waals surface area contributed by atoms with Crippen molar-refractivity contribution in [2.24, 2.45) is 0 Å². The Hall–Kier alpha value is -1.37. The topological polar surface area (TPSA) is 61.0 Å². The summed E-state index contributed by atoms with van der Waals surface area (Å²) < 4.78 is 6.62. The van der Waals surface area contributed by atoms with Gasteiger partial charge in [0.05, 0.1) is 10.4 Å². The van der Waals surface area contributed by atoms with Gasteiger partial charge in [0.1, 0.15) is 10.6 Å². The van der Waals surface area contributed by atoms with Gasteiger partial charge in [-0.1, -0.05) is 27.5 Å². The molecule has 0 atom stereocenters. The predicted octanol–water partition coefficient (Wildman–Crippen LogP) is 4.48. The molecular weight excluding hydrogens is 350 g/mol. The van der Waals surface area contributed by atoms with Gasteiger partial charge in [0, 0.05) is 4.47 Å². The molecule has 0 saturated heterocycles. The highest BCUT2D eigenvalue weighted by molar-refractivity contribution is 9.10. The number of ether oxygens (including phenoxy) is 1. The van der Waals surface area contributed by atoms with Crippen molar-refractivity contribution in [2.45, 2.75) is 0 Å². The van der Waals surface area contributed by atoms with E-state index in [1.807, 2.05) is 17.5 Å². The SMILES string of the molecule is Nc1nc(Oc2ccc(Br)cc2Cl)c2ccsc2n1. The molecule has 0 aliphatic heterocycles. The Morgan fingerprint density at radius 1 is 1.26 bits per heavy atom. The number of hydrogen-bond donors (Lipinski definition) is 1. The molecule has 2 aromatic heterocycles. The number of anilines is 1. The molecule has 7 heteroatoms. The maximum Gasteiger partial charge on any atom is 0.232 e. The molecule has 0 unspecified atom stereocenters. The molecule has 4 nitrogen and oxygen atoms in total. The van der Waals surface area contributed by atoms with Gasteiger partial charge in [0.2, 0.25) is 11.8 Å². The molecule has 0 bridgehead atoms. The first-order valence-electron chi connectivity index (χ1n) is 5.27. The standard InChI is InChI=1S/C12H7BrClN3OS/c13-6-1-2-9(8(14)5-6)18-10-7-3-4-19-11(7)17-12(15)16-10/h1-5H,(H2,15,16,17). The first-order valence-corrected chi connectivity index (χ1v) is 7.32. The lowest BCUT2D eigenvalue weighted by Gasteiger charge is -2.08. The van der Waals surface area contributed by atoms with Crippen LogP contribution in [0.15, 0.2) is 34.1 Å². The van der Waals surface area contributed by atoms with Gasteiger partial charge in [-0.05, 0) is 29.6 Å². The van der Waals surface area contributed by atoms with Crippen LogP contribution in [-0.4, -0.2) is 9.97 Å². The highest BCUT2D eigenvalue weighted by atomic mass is 79.9. The molecular formula is C12H7BrClN3OS. The number of aromatic nitrogens is 2. The fourth-order valence-corrected chi connectivity index (χ4v) is 3.06. The maximum absolute atomic E-state index is 6.12. The quantitative estimate of drug-likeness (QED) is 0.735. The Morgan fingerprint density at radius 3 is 2.89 bits per heavy atom. The second kappa shape index (κ2) is 4.96. The van der Waals surface area contributed by atoms with Crippen molar-refractivity contribution < 1.29 is 4.74 Å². The Labute approximate surface area is 126 Å². The molecule has 0 amide bonds. The van der Waals surface area contributed by atoms with Crippen molar-refractivity contribution in [1.82, 2.24) is 9.97 Å². The van der Waals surface area contributed by atoms with Crippen LogP contribution in [0, 0.1) is 0 Å². The van der Waals surface area contributed by atoms with Gasteiger partial charge in [0.25, 0.3) is 0 Å². The van der Waals surface area contributed by atoms with Crippen LogP contribution in [0.3, 0.4) is 0 Å². The molecule has 0 aliphatic carbocycles. The van der Waals surface area contributed by atoms with E-state index in [9.17, 15) is 0 Å². The van der Waals surface area contributed by atoms with Gasteiger partial charge < -0.3 is 10.5 Å². The van der Waals surface area contributed by atoms with Crippen LogP contribution >= 0.6 is 38.9 Å². The lowest BCUT2D eigenvalue weighted by Crippen LogP contribution is -1.97. The first-order chi connectivity index (χ1) is 9.13. The van der Waals surface area contributed by atoms with Crippen molar-refractivity contribution in [1.29, 1.82) is 0 Å². The molecule has 0 fully saturated rings. The molecule has 0 saturated carbocycles. The smallest absolute Gasteiger partial charge is 0.232 e. The second-order valence-electron chi connectivity index (χ2n) is 3.70. The fraction of sp³-hybridized carbons (Fsp3) is 0. The zero-order valence-electron chi connectivity index (χ0n) is 9.43. The predicted molar refractivity (Wildman–Crippen MR) is 81.1 cm³/mol. The third-order valence-electron chi connectivity index (χ3n) is 2.41. The van der Waals surface area contributed by atoms with E-state index in [0.29, 0.717) is 16.7 Å². The third-order valence-corrected chi connectivity index (χ3v) is 4.00. The molecule has 1 aromatic carbocycles. The monoisotopic (exact) mass is 355 g/mol. The van der Waals surface area contributed by atoms with Gasteiger partial charge in [-0.25, -0.2) is 4.98 Å². The zero-order chi connectivity index (χ0) is 13.4. The van der Waals surface area contributed by atoms with Crippen molar-refractivity contribution >= 4 is 55.0 Å². The minimum atomic E-state index is 0.179. The number of rotatable bonds is 2. The molecule has 96 valence electrons. The van der Waals surface area contributed by atoms with E-state index in [4.69, 9.17) is 22.1 Å². The van der Waals surface area contributed by atoms with E-state index < -0.39 is 0 Å². The summed E-state index contributed by atoms with van der Waals surface area (Å²) in [5, 5.41) is 3.22. The Balaban J connectivity index is 2.07. The van der Waals surface area contributed by atoms with Crippen LogP contribution in [-0.2, 0) is 0 Å². The summed E-state index contributed by atoms with van der Waals surface area (Å²) in [4.78, 5) is 9.04. The maximum atomic E-state index is 6.12. The minimum absolute atomic E-state index is 0.179.